The Balaban J connectivity index is 1.84. The van der Waals surface area contributed by atoms with Gasteiger partial charge in [-0.05, 0) is 36.6 Å². The van der Waals surface area contributed by atoms with Crippen LogP contribution in [0, 0.1) is 0 Å². The minimum Gasteiger partial charge on any atom is -0.379 e. The number of hydrogen-bond donors (Lipinski definition) is 1. The van der Waals surface area contributed by atoms with E-state index in [0.29, 0.717) is 18.9 Å². The van der Waals surface area contributed by atoms with Gasteiger partial charge in [0.05, 0.1) is 45.6 Å². The fraction of sp³-hybridized carbons (Fsp3) is 0.294. The third-order valence-electron chi connectivity index (χ3n) is 3.99. The first-order chi connectivity index (χ1) is 12.9. The number of anilines is 1. The Morgan fingerprint density at radius 1 is 1.26 bits per heavy atom. The number of morpholine rings is 1. The van der Waals surface area contributed by atoms with Crippen molar-refractivity contribution in [2.24, 2.45) is 0 Å². The van der Waals surface area contributed by atoms with E-state index in [4.69, 9.17) is 16.3 Å². The van der Waals surface area contributed by atoms with E-state index >= 15 is 0 Å². The Bertz CT molecular complexity index is 930. The molecule has 2 heterocycles. The Morgan fingerprint density at radius 3 is 2.63 bits per heavy atom. The number of carbonyl (C=O) groups is 1. The summed E-state index contributed by atoms with van der Waals surface area (Å²) in [7, 11) is -3.72. The number of nitrogens with zero attached hydrogens (tertiary/aromatic N) is 2. The van der Waals surface area contributed by atoms with Gasteiger partial charge in [-0.2, -0.15) is 4.31 Å². The molecule has 7 nitrogen and oxygen atoms in total. The zero-order chi connectivity index (χ0) is 19.4. The lowest BCUT2D eigenvalue weighted by Gasteiger charge is -2.26. The Kier molecular flexibility index (Phi) is 6.38. The van der Waals surface area contributed by atoms with E-state index in [1.807, 2.05) is 6.26 Å². The molecule has 0 radical (unpaired) electrons. The van der Waals surface area contributed by atoms with Gasteiger partial charge in [-0.3, -0.25) is 4.79 Å². The van der Waals surface area contributed by atoms with Gasteiger partial charge in [-0.1, -0.05) is 11.6 Å². The van der Waals surface area contributed by atoms with Crippen molar-refractivity contribution in [2.45, 2.75) is 9.92 Å². The van der Waals surface area contributed by atoms with Crippen LogP contribution in [0.2, 0.25) is 5.02 Å². The predicted molar refractivity (Wildman–Crippen MR) is 105 cm³/mol. The molecule has 144 valence electrons. The largest absolute Gasteiger partial charge is 0.379 e. The molecule has 1 aromatic carbocycles. The van der Waals surface area contributed by atoms with Crippen molar-refractivity contribution in [1.29, 1.82) is 0 Å². The summed E-state index contributed by atoms with van der Waals surface area (Å²) in [4.78, 5) is 16.8. The first kappa shape index (κ1) is 20.1. The molecule has 3 rings (SSSR count). The summed E-state index contributed by atoms with van der Waals surface area (Å²) in [6, 6.07) is 7.61. The van der Waals surface area contributed by atoms with Crippen molar-refractivity contribution in [3.63, 3.8) is 0 Å². The number of benzene rings is 1. The number of hydrogen-bond acceptors (Lipinski definition) is 6. The molecule has 1 fully saturated rings. The van der Waals surface area contributed by atoms with Crippen LogP contribution in [-0.4, -0.2) is 56.2 Å². The van der Waals surface area contributed by atoms with Crippen molar-refractivity contribution >= 4 is 45.0 Å². The van der Waals surface area contributed by atoms with Crippen LogP contribution in [0.4, 0.5) is 5.69 Å². The molecule has 0 saturated carbocycles. The Morgan fingerprint density at radius 2 is 2.00 bits per heavy atom. The van der Waals surface area contributed by atoms with Crippen LogP contribution in [0.15, 0.2) is 46.5 Å². The molecule has 0 bridgehead atoms. The third-order valence-corrected chi connectivity index (χ3v) is 6.88. The standard InChI is InChI=1S/C17H18ClN3O4S2/c1-26-16-5-2-12(11-19-16)20-17(22)14-10-13(3-4-15(14)18)27(23,24)21-6-8-25-9-7-21/h2-5,10-11H,6-9H2,1H3,(H,20,22). The smallest absolute Gasteiger partial charge is 0.257 e. The summed E-state index contributed by atoms with van der Waals surface area (Å²) in [6.45, 7) is 1.25. The number of nitrogens with one attached hydrogen (secondary N) is 1. The Hall–Kier alpha value is -1.65. The average Bonchev–Trinajstić information content (AvgIpc) is 2.69. The van der Waals surface area contributed by atoms with Crippen LogP contribution in [0.25, 0.3) is 0 Å². The summed E-state index contributed by atoms with van der Waals surface area (Å²) < 4.78 is 32.1. The van der Waals surface area contributed by atoms with Gasteiger partial charge in [0.25, 0.3) is 5.91 Å². The number of rotatable bonds is 5. The van der Waals surface area contributed by atoms with Crippen LogP contribution in [0.1, 0.15) is 10.4 Å². The maximum Gasteiger partial charge on any atom is 0.257 e. The Labute approximate surface area is 167 Å². The van der Waals surface area contributed by atoms with Crippen LogP contribution in [0.3, 0.4) is 0 Å². The lowest BCUT2D eigenvalue weighted by Crippen LogP contribution is -2.40. The predicted octanol–water partition coefficient (Wildman–Crippen LogP) is 2.73. The zero-order valence-electron chi connectivity index (χ0n) is 14.5. The summed E-state index contributed by atoms with van der Waals surface area (Å²) in [5, 5.41) is 3.68. The molecule has 0 atom stereocenters. The van der Waals surface area contributed by atoms with E-state index in [0.717, 1.165) is 5.03 Å². The second-order valence-electron chi connectivity index (χ2n) is 5.70. The number of sulfonamides is 1. The molecule has 1 amide bonds. The van der Waals surface area contributed by atoms with Crippen molar-refractivity contribution in [1.82, 2.24) is 9.29 Å². The molecule has 10 heteroatoms. The number of halogens is 1. The molecule has 0 unspecified atom stereocenters. The molecule has 27 heavy (non-hydrogen) atoms. The van der Waals surface area contributed by atoms with E-state index in [9.17, 15) is 13.2 Å². The molecule has 1 N–H and O–H groups in total. The number of carbonyl (C=O) groups excluding carboxylic acids is 1. The van der Waals surface area contributed by atoms with E-state index < -0.39 is 15.9 Å². The second-order valence-corrected chi connectivity index (χ2v) is 8.87. The quantitative estimate of drug-likeness (QED) is 0.738. The van der Waals surface area contributed by atoms with Gasteiger partial charge in [-0.25, -0.2) is 13.4 Å². The first-order valence-corrected chi connectivity index (χ1v) is 11.1. The molecule has 1 aliphatic rings. The van der Waals surface area contributed by atoms with Crippen LogP contribution in [0.5, 0.6) is 0 Å². The monoisotopic (exact) mass is 427 g/mol. The summed E-state index contributed by atoms with van der Waals surface area (Å²) >= 11 is 7.62. The van der Waals surface area contributed by atoms with Crippen molar-refractivity contribution in [3.05, 3.63) is 47.1 Å². The summed E-state index contributed by atoms with van der Waals surface area (Å²) in [6.07, 6.45) is 3.44. The minimum atomic E-state index is -3.72. The fourth-order valence-electron chi connectivity index (χ4n) is 2.55. The fourth-order valence-corrected chi connectivity index (χ4v) is 4.55. The summed E-state index contributed by atoms with van der Waals surface area (Å²) in [5.41, 5.74) is 0.579. The molecule has 1 aliphatic heterocycles. The SMILES string of the molecule is CSc1ccc(NC(=O)c2cc(S(=O)(=O)N3CCOCC3)ccc2Cl)cn1. The summed E-state index contributed by atoms with van der Waals surface area (Å²) in [5.74, 6) is -0.502. The third kappa shape index (κ3) is 4.61. The lowest BCUT2D eigenvalue weighted by molar-refractivity contribution is 0.0730. The highest BCUT2D eigenvalue weighted by Crippen LogP contribution is 2.25. The second kappa shape index (κ2) is 8.57. The normalized spacial score (nSPS) is 15.5. The molecule has 2 aromatic rings. The van der Waals surface area contributed by atoms with Gasteiger partial charge in [0.1, 0.15) is 0 Å². The van der Waals surface area contributed by atoms with Crippen molar-refractivity contribution in [3.8, 4) is 0 Å². The first-order valence-electron chi connectivity index (χ1n) is 8.10. The van der Waals surface area contributed by atoms with Crippen molar-refractivity contribution < 1.29 is 17.9 Å². The van der Waals surface area contributed by atoms with Crippen LogP contribution < -0.4 is 5.32 Å². The number of ether oxygens (including phenoxy) is 1. The number of aromatic nitrogens is 1. The highest BCUT2D eigenvalue weighted by Gasteiger charge is 2.27. The average molecular weight is 428 g/mol. The van der Waals surface area contributed by atoms with Gasteiger partial charge in [0, 0.05) is 13.1 Å². The van der Waals surface area contributed by atoms with Crippen molar-refractivity contribution in [2.75, 3.05) is 37.9 Å². The maximum atomic E-state index is 12.8. The number of amides is 1. The highest BCUT2D eigenvalue weighted by molar-refractivity contribution is 7.98. The highest BCUT2D eigenvalue weighted by atomic mass is 35.5. The topological polar surface area (TPSA) is 88.6 Å². The van der Waals surface area contributed by atoms with E-state index in [2.05, 4.69) is 10.3 Å². The maximum absolute atomic E-state index is 12.8. The number of thioether (sulfide) groups is 1. The van der Waals surface area contributed by atoms with Gasteiger partial charge in [-0.15, -0.1) is 11.8 Å². The minimum absolute atomic E-state index is 0.0230. The molecular weight excluding hydrogens is 410 g/mol. The van der Waals surface area contributed by atoms with Crippen LogP contribution in [-0.2, 0) is 14.8 Å². The molecular formula is C17H18ClN3O4S2. The van der Waals surface area contributed by atoms with E-state index in [1.165, 1.54) is 40.5 Å². The van der Waals surface area contributed by atoms with Gasteiger partial charge >= 0.3 is 0 Å². The van der Waals surface area contributed by atoms with Crippen LogP contribution >= 0.6 is 23.4 Å². The number of pyridine rings is 1. The molecule has 0 aliphatic carbocycles. The zero-order valence-corrected chi connectivity index (χ0v) is 16.9. The van der Waals surface area contributed by atoms with Gasteiger partial charge < -0.3 is 10.1 Å². The molecule has 0 spiro atoms. The van der Waals surface area contributed by atoms with E-state index in [1.54, 1.807) is 12.1 Å². The lowest BCUT2D eigenvalue weighted by atomic mass is 10.2. The molecule has 1 saturated heterocycles. The van der Waals surface area contributed by atoms with Gasteiger partial charge in [0.15, 0.2) is 0 Å². The van der Waals surface area contributed by atoms with E-state index in [-0.39, 0.29) is 28.6 Å². The molecule has 1 aromatic heterocycles. The van der Waals surface area contributed by atoms with Gasteiger partial charge in [0.2, 0.25) is 10.0 Å².